The highest BCUT2D eigenvalue weighted by molar-refractivity contribution is 5.66. The molecule has 3 aromatic rings. The number of ether oxygens (including phenoxy) is 1. The van der Waals surface area contributed by atoms with Gasteiger partial charge in [0.15, 0.2) is 17.5 Å². The molecule has 10 heteroatoms. The molecule has 0 unspecified atom stereocenters. The number of halogens is 9. The van der Waals surface area contributed by atoms with Crippen LogP contribution in [0.4, 0.5) is 39.5 Å². The van der Waals surface area contributed by atoms with Gasteiger partial charge in [0, 0.05) is 17.7 Å². The topological polar surface area (TPSA) is 9.23 Å². The van der Waals surface area contributed by atoms with Crippen molar-refractivity contribution in [1.82, 2.24) is 0 Å². The average molecular weight is 657 g/mol. The van der Waals surface area contributed by atoms with Gasteiger partial charge in [-0.1, -0.05) is 32.6 Å². The van der Waals surface area contributed by atoms with Crippen molar-refractivity contribution in [3.05, 3.63) is 88.2 Å². The maximum atomic E-state index is 15.3. The molecule has 1 nitrogen and oxygen atoms in total. The Balaban J connectivity index is 1.25. The summed E-state index contributed by atoms with van der Waals surface area (Å²) in [5.74, 6) is -11.6. The second-order valence-corrected chi connectivity index (χ2v) is 12.8. The van der Waals surface area contributed by atoms with Crippen LogP contribution in [0, 0.1) is 52.6 Å². The van der Waals surface area contributed by atoms with Crippen LogP contribution in [0.3, 0.4) is 0 Å². The van der Waals surface area contributed by atoms with E-state index in [0.717, 1.165) is 44.2 Å². The lowest BCUT2D eigenvalue weighted by Crippen LogP contribution is -2.37. The van der Waals surface area contributed by atoms with Crippen molar-refractivity contribution in [1.29, 1.82) is 0 Å². The van der Waals surface area contributed by atoms with Gasteiger partial charge in [0.1, 0.15) is 29.0 Å². The van der Waals surface area contributed by atoms with Crippen LogP contribution in [0.25, 0.3) is 11.1 Å². The molecule has 0 aliphatic heterocycles. The Hall–Kier alpha value is -3.17. The first-order chi connectivity index (χ1) is 21.9. The van der Waals surface area contributed by atoms with Gasteiger partial charge in [-0.25, -0.2) is 30.7 Å². The van der Waals surface area contributed by atoms with E-state index in [4.69, 9.17) is 0 Å². The third-order valence-corrected chi connectivity index (χ3v) is 9.79. The highest BCUT2D eigenvalue weighted by Crippen LogP contribution is 2.46. The smallest absolute Gasteiger partial charge is 0.400 e. The zero-order valence-electron chi connectivity index (χ0n) is 25.6. The Kier molecular flexibility index (Phi) is 10.6. The van der Waals surface area contributed by atoms with E-state index in [-0.39, 0.29) is 42.7 Å². The van der Waals surface area contributed by atoms with Crippen molar-refractivity contribution in [3.63, 3.8) is 0 Å². The second-order valence-electron chi connectivity index (χ2n) is 12.8. The largest absolute Gasteiger partial charge is 0.432 e. The first-order valence-corrected chi connectivity index (χ1v) is 16.1. The fourth-order valence-corrected chi connectivity index (χ4v) is 7.24. The van der Waals surface area contributed by atoms with Gasteiger partial charge in [-0.3, -0.25) is 0 Å². The van der Waals surface area contributed by atoms with Gasteiger partial charge in [0.2, 0.25) is 0 Å². The lowest BCUT2D eigenvalue weighted by atomic mass is 9.76. The summed E-state index contributed by atoms with van der Waals surface area (Å²) in [6, 6.07) is 4.85. The second kappa shape index (κ2) is 14.3. The van der Waals surface area contributed by atoms with Gasteiger partial charge in [0.05, 0.1) is 11.5 Å². The van der Waals surface area contributed by atoms with Gasteiger partial charge in [0.25, 0.3) is 0 Å². The average Bonchev–Trinajstić information content (AvgIpc) is 3.00. The molecule has 0 heterocycles. The SMILES string of the molecule is CCCCCC1CCC(c2cc(F)c(-c3cc(F)c(C4CCC(C(F)(F)Oc5cc(F)c(F)c(F)c5)CC4)c(F)c3)c(F)c2)CC1. The van der Waals surface area contributed by atoms with Gasteiger partial charge >= 0.3 is 6.11 Å². The molecular formula is C36H37F9O. The summed E-state index contributed by atoms with van der Waals surface area (Å²) in [6.07, 6.45) is 3.86. The Morgan fingerprint density at radius 3 is 1.72 bits per heavy atom. The van der Waals surface area contributed by atoms with E-state index in [1.54, 1.807) is 0 Å². The maximum absolute atomic E-state index is 15.3. The number of rotatable bonds is 10. The van der Waals surface area contributed by atoms with E-state index in [9.17, 15) is 22.0 Å². The monoisotopic (exact) mass is 656 g/mol. The molecule has 0 amide bonds. The number of benzene rings is 3. The zero-order chi connectivity index (χ0) is 33.2. The fraction of sp³-hybridized carbons (Fsp3) is 0.500. The number of hydrogen-bond donors (Lipinski definition) is 0. The van der Waals surface area contributed by atoms with E-state index in [1.165, 1.54) is 31.4 Å². The summed E-state index contributed by atoms with van der Waals surface area (Å²) in [5.41, 5.74) is -0.652. The molecule has 250 valence electrons. The van der Waals surface area contributed by atoms with E-state index >= 15 is 17.6 Å². The quantitative estimate of drug-likeness (QED) is 0.120. The Morgan fingerprint density at radius 1 is 0.630 bits per heavy atom. The fourth-order valence-electron chi connectivity index (χ4n) is 7.24. The van der Waals surface area contributed by atoms with Crippen LogP contribution in [-0.4, -0.2) is 6.11 Å². The van der Waals surface area contributed by atoms with Crippen LogP contribution >= 0.6 is 0 Å². The van der Waals surface area contributed by atoms with Crippen molar-refractivity contribution in [3.8, 4) is 16.9 Å². The summed E-state index contributed by atoms with van der Waals surface area (Å²) >= 11 is 0. The summed E-state index contributed by atoms with van der Waals surface area (Å²) in [6.45, 7) is 2.16. The summed E-state index contributed by atoms with van der Waals surface area (Å²) in [4.78, 5) is 0. The maximum Gasteiger partial charge on any atom is 0.400 e. The molecule has 2 aliphatic rings. The van der Waals surface area contributed by atoms with Crippen molar-refractivity contribution in [2.75, 3.05) is 0 Å². The van der Waals surface area contributed by atoms with Crippen molar-refractivity contribution < 1.29 is 44.3 Å². The molecule has 0 bridgehead atoms. The molecule has 0 N–H and O–H groups in total. The van der Waals surface area contributed by atoms with Crippen molar-refractivity contribution >= 4 is 0 Å². The molecule has 2 saturated carbocycles. The summed E-state index contributed by atoms with van der Waals surface area (Å²) in [5, 5.41) is 0. The first-order valence-electron chi connectivity index (χ1n) is 16.1. The third kappa shape index (κ3) is 7.52. The lowest BCUT2D eigenvalue weighted by Gasteiger charge is -2.33. The standard InChI is InChI=1S/C36H37F9O/c1-2-3-4-5-20-6-8-21(9-7-20)23-14-27(37)34(28(38)15-23)24-16-29(39)33(30(40)17-24)22-10-12-25(13-11-22)36(44,45)46-26-18-31(41)35(43)32(42)19-26/h14-22,25H,2-13H2,1H3. The molecule has 2 fully saturated rings. The Labute approximate surface area is 263 Å². The normalized spacial score (nSPS) is 22.2. The molecule has 0 saturated heterocycles. The highest BCUT2D eigenvalue weighted by atomic mass is 19.3. The molecule has 0 spiro atoms. The molecule has 2 aliphatic carbocycles. The summed E-state index contributed by atoms with van der Waals surface area (Å²) in [7, 11) is 0. The minimum absolute atomic E-state index is 0.0160. The summed E-state index contributed by atoms with van der Waals surface area (Å²) < 4.78 is 135. The van der Waals surface area contributed by atoms with E-state index in [1.807, 2.05) is 0 Å². The van der Waals surface area contributed by atoms with Gasteiger partial charge in [-0.05, 0) is 105 Å². The first kappa shape index (κ1) is 34.2. The van der Waals surface area contributed by atoms with Crippen LogP contribution in [0.5, 0.6) is 5.75 Å². The van der Waals surface area contributed by atoms with Crippen molar-refractivity contribution in [2.24, 2.45) is 11.8 Å². The number of alkyl halides is 2. The number of hydrogen-bond acceptors (Lipinski definition) is 1. The molecule has 5 rings (SSSR count). The molecule has 46 heavy (non-hydrogen) atoms. The highest BCUT2D eigenvalue weighted by Gasteiger charge is 2.45. The third-order valence-electron chi connectivity index (χ3n) is 9.79. The van der Waals surface area contributed by atoms with Crippen LogP contribution < -0.4 is 4.74 Å². The number of unbranched alkanes of at least 4 members (excludes halogenated alkanes) is 2. The molecule has 0 atom stereocenters. The van der Waals surface area contributed by atoms with Crippen LogP contribution in [-0.2, 0) is 0 Å². The zero-order valence-corrected chi connectivity index (χ0v) is 25.6. The lowest BCUT2D eigenvalue weighted by molar-refractivity contribution is -0.222. The van der Waals surface area contributed by atoms with Gasteiger partial charge in [-0.2, -0.15) is 8.78 Å². The van der Waals surface area contributed by atoms with Crippen LogP contribution in [0.2, 0.25) is 0 Å². The van der Waals surface area contributed by atoms with Crippen molar-refractivity contribution in [2.45, 2.75) is 102 Å². The Bertz CT molecular complexity index is 1450. The molecular weight excluding hydrogens is 619 g/mol. The van der Waals surface area contributed by atoms with E-state index < -0.39 is 70.0 Å². The Morgan fingerprint density at radius 2 is 1.17 bits per heavy atom. The van der Waals surface area contributed by atoms with E-state index in [0.29, 0.717) is 23.6 Å². The predicted molar refractivity (Wildman–Crippen MR) is 157 cm³/mol. The van der Waals surface area contributed by atoms with Crippen LogP contribution in [0.15, 0.2) is 36.4 Å². The molecule has 0 aromatic heterocycles. The minimum Gasteiger partial charge on any atom is -0.432 e. The van der Waals surface area contributed by atoms with Gasteiger partial charge in [-0.15, -0.1) is 0 Å². The molecule has 3 aromatic carbocycles. The molecule has 0 radical (unpaired) electrons. The predicted octanol–water partition coefficient (Wildman–Crippen LogP) is 12.1. The minimum atomic E-state index is -3.89. The van der Waals surface area contributed by atoms with E-state index in [2.05, 4.69) is 11.7 Å². The van der Waals surface area contributed by atoms with Crippen LogP contribution in [0.1, 0.15) is 107 Å². The van der Waals surface area contributed by atoms with Gasteiger partial charge < -0.3 is 4.74 Å².